The third kappa shape index (κ3) is 95.1. The van der Waals surface area contributed by atoms with E-state index in [1.165, 1.54) is 0 Å². The van der Waals surface area contributed by atoms with E-state index >= 15 is 0 Å². The maximum Gasteiger partial charge on any atom is 1.00 e. The van der Waals surface area contributed by atoms with Crippen molar-refractivity contribution in [2.45, 2.75) is 0 Å². The second-order valence-corrected chi connectivity index (χ2v) is 0.789. The Hall–Kier alpha value is 1.12. The Bertz CT molecular complexity index is 122. The van der Waals surface area contributed by atoms with Crippen molar-refractivity contribution in [2.24, 2.45) is 0 Å². The maximum absolute atomic E-state index is 9.14. The molecule has 0 spiro atoms. The summed E-state index contributed by atoms with van der Waals surface area (Å²) in [6.07, 6.45) is -1.36. The van der Waals surface area contributed by atoms with Gasteiger partial charge in [0.2, 0.25) is 6.16 Å². The van der Waals surface area contributed by atoms with Crippen LogP contribution in [0.1, 0.15) is 0 Å². The van der Waals surface area contributed by atoms with E-state index in [0.29, 0.717) is 0 Å². The summed E-state index contributed by atoms with van der Waals surface area (Å²) in [4.78, 5) is 17.6. The van der Waals surface area contributed by atoms with E-state index in [1.807, 2.05) is 0 Å². The smallest absolute Gasteiger partial charge is 0.565 e. The van der Waals surface area contributed by atoms with Gasteiger partial charge < -0.3 is 24.9 Å². The van der Waals surface area contributed by atoms with Crippen LogP contribution in [0, 0.1) is 0 Å². The van der Waals surface area contributed by atoms with Crippen molar-refractivity contribution in [1.29, 1.82) is 0 Å². The van der Waals surface area contributed by atoms with Crippen LogP contribution in [0.5, 0.6) is 0 Å². The molecule has 0 saturated carbocycles. The molecule has 0 aliphatic rings. The molecule has 0 aromatic carbocycles. The molecule has 0 aromatic rings. The number of hydrogen-bond donors (Lipinski definition) is 1. The number of rotatable bonds is 1. The van der Waals surface area contributed by atoms with E-state index in [4.69, 9.17) is 24.9 Å². The quantitative estimate of drug-likeness (QED) is 0.330. The van der Waals surface area contributed by atoms with Gasteiger partial charge in [0.25, 0.3) is 0 Å². The van der Waals surface area contributed by atoms with Crippen LogP contribution in [0.25, 0.3) is 0 Å². The first-order chi connectivity index (χ1) is 4.00. The molecule has 0 atom stereocenters. The summed E-state index contributed by atoms with van der Waals surface area (Å²) in [5, 5.41) is 24.4. The summed E-state index contributed by atoms with van der Waals surface area (Å²) in [5.74, 6) is -1.23. The van der Waals surface area contributed by atoms with Crippen molar-refractivity contribution in [1.82, 2.24) is 0 Å². The van der Waals surface area contributed by atoms with Crippen LogP contribution in [0.15, 0.2) is 12.7 Å². The second kappa shape index (κ2) is 17.3. The molecule has 0 fully saturated rings. The maximum atomic E-state index is 9.14. The van der Waals surface area contributed by atoms with Crippen molar-refractivity contribution in [3.8, 4) is 0 Å². The van der Waals surface area contributed by atoms with Gasteiger partial charge >= 0.3 is 80.9 Å². The summed E-state index contributed by atoms with van der Waals surface area (Å²) in [5.41, 5.74) is 0. The van der Waals surface area contributed by atoms with Crippen LogP contribution in [0.2, 0.25) is 0 Å². The Morgan fingerprint density at radius 1 is 1.36 bits per heavy atom. The van der Waals surface area contributed by atoms with Crippen LogP contribution in [0.4, 0.5) is 4.79 Å². The standard InChI is InChI=1S/C3H4O2.CH2O3.K.Na/c1-2-3(4)5;2-1(3)4;;/h2H,1H2,(H,4,5);(H2,2,3,4);;/q;;2*+1/p-2. The average molecular weight is 194 g/mol. The first kappa shape index (κ1) is 22.7. The van der Waals surface area contributed by atoms with E-state index in [-0.39, 0.29) is 80.9 Å². The van der Waals surface area contributed by atoms with Crippen molar-refractivity contribution in [2.75, 3.05) is 0 Å². The molecular formula is C4H4KNaO5. The first-order valence-corrected chi connectivity index (χ1v) is 1.74. The molecule has 1 N–H and O–H groups in total. The number of carbonyl (C=O) groups excluding carboxylic acids is 1. The zero-order valence-corrected chi connectivity index (χ0v) is 11.5. The number of carbonyl (C=O) groups is 2. The molecule has 5 nitrogen and oxygen atoms in total. The van der Waals surface area contributed by atoms with E-state index in [2.05, 4.69) is 6.58 Å². The van der Waals surface area contributed by atoms with Crippen LogP contribution in [-0.2, 0) is 4.79 Å². The van der Waals surface area contributed by atoms with Gasteiger partial charge in [-0.15, -0.1) is 0 Å². The Morgan fingerprint density at radius 2 is 1.45 bits per heavy atom. The normalized spacial score (nSPS) is 5.09. The van der Waals surface area contributed by atoms with Crippen LogP contribution >= 0.6 is 0 Å². The third-order valence-electron chi connectivity index (χ3n) is 0.167. The molecule has 0 bridgehead atoms. The Labute approximate surface area is 128 Å². The predicted molar refractivity (Wildman–Crippen MR) is 23.2 cm³/mol. The molecule has 7 heteroatoms. The van der Waals surface area contributed by atoms with Gasteiger partial charge in [-0.05, 0) is 6.08 Å². The minimum absolute atomic E-state index is 0. The molecule has 0 aliphatic heterocycles. The van der Waals surface area contributed by atoms with E-state index in [0.717, 1.165) is 6.08 Å². The molecule has 0 heterocycles. The van der Waals surface area contributed by atoms with Gasteiger partial charge in [-0.3, -0.25) is 0 Å². The van der Waals surface area contributed by atoms with Gasteiger partial charge in [-0.2, -0.15) is 0 Å². The topological polar surface area (TPSA) is 100 Å². The fourth-order valence-corrected chi connectivity index (χ4v) is 0. The summed E-state index contributed by atoms with van der Waals surface area (Å²) in [6, 6.07) is 0. The Balaban J connectivity index is -0.0000000383. The monoisotopic (exact) mass is 194 g/mol. The fourth-order valence-electron chi connectivity index (χ4n) is 0. The number of hydrogen-bond acceptors (Lipinski definition) is 4. The molecule has 0 unspecified atom stereocenters. The molecule has 0 amide bonds. The largest absolute Gasteiger partial charge is 1.00 e. The Morgan fingerprint density at radius 3 is 1.45 bits per heavy atom. The molecule has 0 aromatic heterocycles. The van der Waals surface area contributed by atoms with Crippen LogP contribution in [-0.4, -0.2) is 17.2 Å². The Kier molecular flexibility index (Phi) is 35.7. The predicted octanol–water partition coefficient (Wildman–Crippen LogP) is -8.18. The number of aliphatic carboxylic acids is 1. The molecule has 11 heavy (non-hydrogen) atoms. The van der Waals surface area contributed by atoms with E-state index in [9.17, 15) is 0 Å². The van der Waals surface area contributed by atoms with E-state index in [1.54, 1.807) is 0 Å². The molecule has 0 aliphatic carbocycles. The number of carboxylic acid groups (broad SMARTS) is 3. The van der Waals surface area contributed by atoms with Crippen molar-refractivity contribution >= 4 is 12.1 Å². The molecular weight excluding hydrogens is 190 g/mol. The molecule has 52 valence electrons. The van der Waals surface area contributed by atoms with Crippen LogP contribution in [0.3, 0.4) is 0 Å². The molecule has 0 radical (unpaired) electrons. The van der Waals surface area contributed by atoms with Gasteiger partial charge in [-0.25, -0.2) is 0 Å². The zero-order chi connectivity index (χ0) is 7.86. The summed E-state index contributed by atoms with van der Waals surface area (Å²) < 4.78 is 0. The molecule has 0 rings (SSSR count). The molecule has 0 saturated heterocycles. The fraction of sp³-hybridized carbons (Fsp3) is 0. The van der Waals surface area contributed by atoms with Gasteiger partial charge in [0.15, 0.2) is 0 Å². The first-order valence-electron chi connectivity index (χ1n) is 1.74. The van der Waals surface area contributed by atoms with Gasteiger partial charge in [0.05, 0.1) is 5.97 Å². The number of carboxylic acids is 1. The van der Waals surface area contributed by atoms with Crippen molar-refractivity contribution in [3.05, 3.63) is 12.7 Å². The van der Waals surface area contributed by atoms with Gasteiger partial charge in [-0.1, -0.05) is 6.58 Å². The summed E-state index contributed by atoms with van der Waals surface area (Å²) in [7, 11) is 0. The van der Waals surface area contributed by atoms with Gasteiger partial charge in [0, 0.05) is 0 Å². The second-order valence-electron chi connectivity index (χ2n) is 0.789. The van der Waals surface area contributed by atoms with Gasteiger partial charge in [0.1, 0.15) is 0 Å². The van der Waals surface area contributed by atoms with Crippen molar-refractivity contribution in [3.63, 3.8) is 0 Å². The average Bonchev–Trinajstić information content (AvgIpc) is 1.65. The van der Waals surface area contributed by atoms with Crippen molar-refractivity contribution < 1.29 is 106 Å². The van der Waals surface area contributed by atoms with E-state index < -0.39 is 12.1 Å². The minimum atomic E-state index is -2.08. The minimum Gasteiger partial charge on any atom is -0.565 e. The zero-order valence-electron chi connectivity index (χ0n) is 6.36. The SMILES string of the molecule is C=CC(=O)[O-].O=C([O-])O.[K+].[Na+]. The third-order valence-corrected chi connectivity index (χ3v) is 0.167. The summed E-state index contributed by atoms with van der Waals surface area (Å²) in [6.45, 7) is 2.90. The van der Waals surface area contributed by atoms with Crippen LogP contribution < -0.4 is 91.2 Å². The summed E-state index contributed by atoms with van der Waals surface area (Å²) >= 11 is 0.